The van der Waals surface area contributed by atoms with E-state index in [9.17, 15) is 4.79 Å². The van der Waals surface area contributed by atoms with Crippen molar-refractivity contribution in [3.05, 3.63) is 29.8 Å². The van der Waals surface area contributed by atoms with Gasteiger partial charge in [-0.25, -0.2) is 0 Å². The maximum atomic E-state index is 11.7. The number of nitrogens with zero attached hydrogens (tertiary/aromatic N) is 1. The van der Waals surface area contributed by atoms with Crippen LogP contribution in [0.1, 0.15) is 49.4 Å². The maximum absolute atomic E-state index is 11.7. The highest BCUT2D eigenvalue weighted by Gasteiger charge is 2.35. The van der Waals surface area contributed by atoms with Crippen LogP contribution in [0.4, 0.5) is 5.69 Å². The van der Waals surface area contributed by atoms with Gasteiger partial charge in [0.05, 0.1) is 0 Å². The van der Waals surface area contributed by atoms with Crippen molar-refractivity contribution in [3.63, 3.8) is 0 Å². The van der Waals surface area contributed by atoms with Gasteiger partial charge in [-0.15, -0.1) is 0 Å². The lowest BCUT2D eigenvalue weighted by atomic mass is 9.82. The van der Waals surface area contributed by atoms with Crippen LogP contribution in [0.15, 0.2) is 24.3 Å². The second-order valence-corrected chi connectivity index (χ2v) is 6.32. The molecular formula is C17H24N2O. The van der Waals surface area contributed by atoms with Crippen molar-refractivity contribution in [2.75, 3.05) is 12.4 Å². The third-order valence-corrected chi connectivity index (χ3v) is 5.01. The molecule has 0 spiro atoms. The Balaban J connectivity index is 1.74. The van der Waals surface area contributed by atoms with E-state index in [1.54, 1.807) is 6.92 Å². The van der Waals surface area contributed by atoms with Gasteiger partial charge in [0.25, 0.3) is 0 Å². The van der Waals surface area contributed by atoms with Gasteiger partial charge in [0.15, 0.2) is 5.78 Å². The predicted molar refractivity (Wildman–Crippen MR) is 82.3 cm³/mol. The molecule has 1 aromatic rings. The summed E-state index contributed by atoms with van der Waals surface area (Å²) in [6, 6.07) is 9.82. The average Bonchev–Trinajstić information content (AvgIpc) is 2.40. The molecule has 2 aliphatic heterocycles. The van der Waals surface area contributed by atoms with Crippen molar-refractivity contribution < 1.29 is 4.79 Å². The molecule has 2 saturated heterocycles. The number of rotatable bonds is 3. The van der Waals surface area contributed by atoms with Crippen molar-refractivity contribution >= 4 is 11.5 Å². The number of Topliss-reactive ketones (excluding diaryl/α,β-unsaturated/α-hetero) is 1. The van der Waals surface area contributed by atoms with Gasteiger partial charge in [0.2, 0.25) is 0 Å². The van der Waals surface area contributed by atoms with Gasteiger partial charge in [-0.05, 0) is 51.8 Å². The fourth-order valence-electron chi connectivity index (χ4n) is 3.87. The highest BCUT2D eigenvalue weighted by Crippen LogP contribution is 2.34. The molecule has 20 heavy (non-hydrogen) atoms. The Hall–Kier alpha value is -1.35. The number of benzene rings is 1. The summed E-state index contributed by atoms with van der Waals surface area (Å²) in [6.07, 6.45) is 6.40. The second kappa shape index (κ2) is 5.57. The third-order valence-electron chi connectivity index (χ3n) is 5.01. The monoisotopic (exact) mass is 272 g/mol. The average molecular weight is 272 g/mol. The summed E-state index contributed by atoms with van der Waals surface area (Å²) in [5, 5.41) is 3.63. The van der Waals surface area contributed by atoms with Gasteiger partial charge in [0, 0.05) is 29.4 Å². The minimum absolute atomic E-state index is 0.140. The third kappa shape index (κ3) is 2.59. The first-order valence-corrected chi connectivity index (χ1v) is 7.73. The van der Waals surface area contributed by atoms with Gasteiger partial charge < -0.3 is 10.2 Å². The quantitative estimate of drug-likeness (QED) is 0.857. The Morgan fingerprint density at radius 3 is 2.50 bits per heavy atom. The van der Waals surface area contributed by atoms with E-state index in [2.05, 4.69) is 17.3 Å². The minimum atomic E-state index is 0.140. The molecule has 2 unspecified atom stereocenters. The Kier molecular flexibility index (Phi) is 3.79. The number of anilines is 1. The van der Waals surface area contributed by atoms with E-state index < -0.39 is 0 Å². The molecule has 0 amide bonds. The maximum Gasteiger partial charge on any atom is 0.161 e. The fraction of sp³-hybridized carbons (Fsp3) is 0.588. The zero-order chi connectivity index (χ0) is 14.1. The van der Waals surface area contributed by atoms with Crippen molar-refractivity contribution in [2.24, 2.45) is 0 Å². The van der Waals surface area contributed by atoms with Crippen molar-refractivity contribution in [1.82, 2.24) is 4.90 Å². The molecule has 3 rings (SSSR count). The highest BCUT2D eigenvalue weighted by atomic mass is 16.1. The van der Waals surface area contributed by atoms with E-state index in [1.165, 1.54) is 32.1 Å². The molecule has 1 aromatic carbocycles. The molecule has 3 nitrogen and oxygen atoms in total. The molecule has 2 bridgehead atoms. The van der Waals surface area contributed by atoms with Crippen LogP contribution in [-0.2, 0) is 0 Å². The van der Waals surface area contributed by atoms with Crippen LogP contribution >= 0.6 is 0 Å². The van der Waals surface area contributed by atoms with Gasteiger partial charge in [-0.2, -0.15) is 0 Å². The normalized spacial score (nSPS) is 30.0. The van der Waals surface area contributed by atoms with Crippen molar-refractivity contribution in [2.45, 2.75) is 57.2 Å². The van der Waals surface area contributed by atoms with Crippen LogP contribution in [0.5, 0.6) is 0 Å². The lowest BCUT2D eigenvalue weighted by Gasteiger charge is -2.47. The fourth-order valence-corrected chi connectivity index (χ4v) is 3.87. The standard InChI is InChI=1S/C17H24N2O/c1-12(20)16-8-3-4-9-17(16)18-13-10-14-6-5-7-15(11-13)19(14)2/h3-4,8-9,13-15,18H,5-7,10-11H2,1-2H3. The Morgan fingerprint density at radius 1 is 1.20 bits per heavy atom. The zero-order valence-electron chi connectivity index (χ0n) is 12.4. The first-order chi connectivity index (χ1) is 9.65. The van der Waals surface area contributed by atoms with Crippen LogP contribution in [0, 0.1) is 0 Å². The molecule has 0 radical (unpaired) electrons. The molecule has 3 heteroatoms. The van der Waals surface area contributed by atoms with E-state index in [1.807, 2.05) is 24.3 Å². The summed E-state index contributed by atoms with van der Waals surface area (Å²) in [4.78, 5) is 14.3. The van der Waals surface area contributed by atoms with E-state index in [-0.39, 0.29) is 5.78 Å². The Bertz CT molecular complexity index is 486. The second-order valence-electron chi connectivity index (χ2n) is 6.32. The lowest BCUT2D eigenvalue weighted by Crippen LogP contribution is -2.52. The zero-order valence-corrected chi connectivity index (χ0v) is 12.4. The first-order valence-electron chi connectivity index (χ1n) is 7.73. The summed E-state index contributed by atoms with van der Waals surface area (Å²) in [5.41, 5.74) is 1.82. The molecule has 108 valence electrons. The van der Waals surface area contributed by atoms with E-state index in [0.29, 0.717) is 18.1 Å². The number of fused-ring (bicyclic) bond motifs is 2. The summed E-state index contributed by atoms with van der Waals surface area (Å²) in [7, 11) is 2.27. The van der Waals surface area contributed by atoms with Gasteiger partial charge >= 0.3 is 0 Å². The predicted octanol–water partition coefficient (Wildman–Crippen LogP) is 3.32. The molecule has 0 saturated carbocycles. The SMILES string of the molecule is CC(=O)c1ccccc1NC1CC2CCCC(C1)N2C. The Morgan fingerprint density at radius 2 is 1.85 bits per heavy atom. The van der Waals surface area contributed by atoms with Crippen LogP contribution in [-0.4, -0.2) is 35.9 Å². The number of nitrogens with one attached hydrogen (secondary N) is 1. The number of ketones is 1. The van der Waals surface area contributed by atoms with Crippen LogP contribution in [0.25, 0.3) is 0 Å². The lowest BCUT2D eigenvalue weighted by molar-refractivity contribution is 0.0608. The van der Waals surface area contributed by atoms with E-state index in [0.717, 1.165) is 11.3 Å². The van der Waals surface area contributed by atoms with Crippen LogP contribution in [0.3, 0.4) is 0 Å². The number of carbonyl (C=O) groups is 1. The first kappa shape index (κ1) is 13.6. The number of piperidine rings is 2. The molecule has 0 aromatic heterocycles. The number of hydrogen-bond donors (Lipinski definition) is 1. The van der Waals surface area contributed by atoms with Gasteiger partial charge in [-0.3, -0.25) is 4.79 Å². The molecule has 0 aliphatic carbocycles. The summed E-state index contributed by atoms with van der Waals surface area (Å²) >= 11 is 0. The molecule has 2 aliphatic rings. The molecule has 2 fully saturated rings. The molecule has 1 N–H and O–H groups in total. The number of hydrogen-bond acceptors (Lipinski definition) is 3. The van der Waals surface area contributed by atoms with Gasteiger partial charge in [0.1, 0.15) is 0 Å². The smallest absolute Gasteiger partial charge is 0.161 e. The largest absolute Gasteiger partial charge is 0.382 e. The highest BCUT2D eigenvalue weighted by molar-refractivity contribution is 5.99. The van der Waals surface area contributed by atoms with E-state index >= 15 is 0 Å². The minimum Gasteiger partial charge on any atom is -0.382 e. The number of carbonyl (C=O) groups excluding carboxylic acids is 1. The van der Waals surface area contributed by atoms with Crippen LogP contribution < -0.4 is 5.32 Å². The van der Waals surface area contributed by atoms with Crippen LogP contribution in [0.2, 0.25) is 0 Å². The summed E-state index contributed by atoms with van der Waals surface area (Å²) in [5.74, 6) is 0.140. The molecular weight excluding hydrogens is 248 g/mol. The number of para-hydroxylation sites is 1. The summed E-state index contributed by atoms with van der Waals surface area (Å²) in [6.45, 7) is 1.64. The van der Waals surface area contributed by atoms with Crippen molar-refractivity contribution in [1.29, 1.82) is 0 Å². The molecule has 2 atom stereocenters. The molecule has 2 heterocycles. The van der Waals surface area contributed by atoms with Crippen molar-refractivity contribution in [3.8, 4) is 0 Å². The van der Waals surface area contributed by atoms with E-state index in [4.69, 9.17) is 0 Å². The van der Waals surface area contributed by atoms with Gasteiger partial charge in [-0.1, -0.05) is 18.6 Å². The topological polar surface area (TPSA) is 32.3 Å². The summed E-state index contributed by atoms with van der Waals surface area (Å²) < 4.78 is 0. The Labute approximate surface area is 121 Å².